The number of aromatic nitrogens is 2. The first-order valence-electron chi connectivity index (χ1n) is 6.25. The highest BCUT2D eigenvalue weighted by Crippen LogP contribution is 2.27. The Morgan fingerprint density at radius 1 is 1.10 bits per heavy atom. The summed E-state index contributed by atoms with van der Waals surface area (Å²) < 4.78 is 4.69. The molecule has 3 rings (SSSR count). The van der Waals surface area contributed by atoms with Gasteiger partial charge in [0.2, 0.25) is 0 Å². The van der Waals surface area contributed by atoms with Crippen molar-refractivity contribution >= 4 is 51.2 Å². The fraction of sp³-hybridized carbons (Fsp3) is 0.0667. The largest absolute Gasteiger partial charge is 0.211 e. The third-order valence-corrected chi connectivity index (χ3v) is 5.77. The molecule has 0 unspecified atom stereocenters. The van der Waals surface area contributed by atoms with Crippen LogP contribution < -0.4 is 0 Å². The predicted molar refractivity (Wildman–Crippen MR) is 96.0 cm³/mol. The van der Waals surface area contributed by atoms with Gasteiger partial charge in [0, 0.05) is 10.2 Å². The molecular formula is C15H11BrN2S3. The van der Waals surface area contributed by atoms with Crippen molar-refractivity contribution < 1.29 is 0 Å². The third-order valence-electron chi connectivity index (χ3n) is 2.81. The Morgan fingerprint density at radius 2 is 1.81 bits per heavy atom. The van der Waals surface area contributed by atoms with Crippen molar-refractivity contribution in [2.24, 2.45) is 0 Å². The monoisotopic (exact) mass is 394 g/mol. The SMILES string of the molecule is S=c1sc(SCc2ccc(Br)cc2)nn1-c1ccccc1. The van der Waals surface area contributed by atoms with Crippen molar-refractivity contribution in [2.75, 3.05) is 0 Å². The van der Waals surface area contributed by atoms with Crippen LogP contribution in [-0.2, 0) is 5.75 Å². The summed E-state index contributed by atoms with van der Waals surface area (Å²) in [5.41, 5.74) is 2.28. The number of thioether (sulfide) groups is 1. The molecule has 0 fully saturated rings. The van der Waals surface area contributed by atoms with Crippen LogP contribution in [0.3, 0.4) is 0 Å². The van der Waals surface area contributed by atoms with Crippen LogP contribution in [0.1, 0.15) is 5.56 Å². The average Bonchev–Trinajstić information content (AvgIpc) is 2.89. The molecule has 1 aromatic heterocycles. The van der Waals surface area contributed by atoms with E-state index in [1.54, 1.807) is 23.1 Å². The van der Waals surface area contributed by atoms with Gasteiger partial charge in [0.1, 0.15) is 0 Å². The van der Waals surface area contributed by atoms with Crippen LogP contribution in [0, 0.1) is 3.95 Å². The Labute approximate surface area is 145 Å². The van der Waals surface area contributed by atoms with Gasteiger partial charge in [0.25, 0.3) is 0 Å². The Bertz CT molecular complexity index is 779. The van der Waals surface area contributed by atoms with Gasteiger partial charge in [0.05, 0.1) is 5.69 Å². The Balaban J connectivity index is 1.76. The number of benzene rings is 2. The van der Waals surface area contributed by atoms with Crippen LogP contribution in [0.4, 0.5) is 0 Å². The van der Waals surface area contributed by atoms with E-state index in [1.165, 1.54) is 5.56 Å². The maximum atomic E-state index is 5.40. The Kier molecular flexibility index (Phi) is 4.90. The zero-order valence-corrected chi connectivity index (χ0v) is 14.9. The molecular weight excluding hydrogens is 384 g/mol. The van der Waals surface area contributed by atoms with E-state index < -0.39 is 0 Å². The van der Waals surface area contributed by atoms with Gasteiger partial charge in [-0.2, -0.15) is 0 Å². The van der Waals surface area contributed by atoms with Gasteiger partial charge >= 0.3 is 0 Å². The van der Waals surface area contributed by atoms with Crippen molar-refractivity contribution in [1.82, 2.24) is 9.78 Å². The number of nitrogens with zero attached hydrogens (tertiary/aromatic N) is 2. The van der Waals surface area contributed by atoms with Crippen molar-refractivity contribution in [3.05, 3.63) is 68.6 Å². The molecule has 0 aliphatic rings. The van der Waals surface area contributed by atoms with E-state index in [0.29, 0.717) is 0 Å². The lowest BCUT2D eigenvalue weighted by molar-refractivity contribution is 0.829. The summed E-state index contributed by atoms with van der Waals surface area (Å²) in [5, 5.41) is 4.60. The first kappa shape index (κ1) is 15.0. The number of halogens is 1. The van der Waals surface area contributed by atoms with Gasteiger partial charge in [-0.15, -0.1) is 5.10 Å². The van der Waals surface area contributed by atoms with Crippen molar-refractivity contribution in [3.63, 3.8) is 0 Å². The summed E-state index contributed by atoms with van der Waals surface area (Å²) in [6, 6.07) is 18.3. The van der Waals surface area contributed by atoms with Crippen LogP contribution in [0.25, 0.3) is 5.69 Å². The topological polar surface area (TPSA) is 17.8 Å². The van der Waals surface area contributed by atoms with E-state index in [-0.39, 0.29) is 0 Å². The van der Waals surface area contributed by atoms with Crippen molar-refractivity contribution in [3.8, 4) is 5.69 Å². The Hall–Kier alpha value is -0.950. The second-order valence-corrected chi connectivity index (χ2v) is 8.06. The minimum atomic E-state index is 0.777. The van der Waals surface area contributed by atoms with Crippen molar-refractivity contribution in [1.29, 1.82) is 0 Å². The van der Waals surface area contributed by atoms with E-state index in [0.717, 1.165) is 24.2 Å². The molecule has 0 aliphatic heterocycles. The summed E-state index contributed by atoms with van der Waals surface area (Å²) in [5.74, 6) is 0.893. The second kappa shape index (κ2) is 6.87. The second-order valence-electron chi connectivity index (χ2n) is 4.30. The molecule has 0 atom stereocenters. The summed E-state index contributed by atoms with van der Waals surface area (Å²) >= 11 is 12.1. The van der Waals surface area contributed by atoms with E-state index in [9.17, 15) is 0 Å². The molecule has 0 radical (unpaired) electrons. The van der Waals surface area contributed by atoms with Gasteiger partial charge in [-0.3, -0.25) is 0 Å². The average molecular weight is 395 g/mol. The highest BCUT2D eigenvalue weighted by atomic mass is 79.9. The molecule has 0 spiro atoms. The molecule has 0 saturated carbocycles. The molecule has 2 nitrogen and oxygen atoms in total. The van der Waals surface area contributed by atoms with Gasteiger partial charge in [-0.05, 0) is 42.0 Å². The molecule has 3 aromatic rings. The molecule has 0 aliphatic carbocycles. The molecule has 0 bridgehead atoms. The quantitative estimate of drug-likeness (QED) is 0.416. The fourth-order valence-electron chi connectivity index (χ4n) is 1.78. The molecule has 2 aromatic carbocycles. The molecule has 21 heavy (non-hydrogen) atoms. The highest BCUT2D eigenvalue weighted by molar-refractivity contribution is 9.10. The number of para-hydroxylation sites is 1. The number of hydrogen-bond acceptors (Lipinski definition) is 4. The smallest absolute Gasteiger partial charge is 0.184 e. The lowest BCUT2D eigenvalue weighted by Crippen LogP contribution is -1.95. The molecule has 0 saturated heterocycles. The minimum absolute atomic E-state index is 0.777. The van der Waals surface area contributed by atoms with E-state index in [4.69, 9.17) is 12.2 Å². The molecule has 0 N–H and O–H groups in total. The lowest BCUT2D eigenvalue weighted by Gasteiger charge is -2.00. The fourth-order valence-corrected chi connectivity index (χ4v) is 4.36. The molecule has 6 heteroatoms. The first-order chi connectivity index (χ1) is 10.2. The maximum absolute atomic E-state index is 5.40. The highest BCUT2D eigenvalue weighted by Gasteiger charge is 2.06. The third kappa shape index (κ3) is 3.83. The molecule has 106 valence electrons. The van der Waals surface area contributed by atoms with Crippen LogP contribution in [-0.4, -0.2) is 9.78 Å². The van der Waals surface area contributed by atoms with Gasteiger partial charge in [-0.1, -0.05) is 69.4 Å². The Morgan fingerprint density at radius 3 is 2.52 bits per heavy atom. The van der Waals surface area contributed by atoms with Crippen LogP contribution in [0.2, 0.25) is 0 Å². The molecule has 1 heterocycles. The summed E-state index contributed by atoms with van der Waals surface area (Å²) in [7, 11) is 0. The minimum Gasteiger partial charge on any atom is -0.211 e. The zero-order chi connectivity index (χ0) is 14.7. The summed E-state index contributed by atoms with van der Waals surface area (Å²) in [4.78, 5) is 0. The normalized spacial score (nSPS) is 10.7. The first-order valence-corrected chi connectivity index (χ1v) is 9.25. The zero-order valence-electron chi connectivity index (χ0n) is 10.9. The van der Waals surface area contributed by atoms with E-state index in [1.807, 2.05) is 35.0 Å². The summed E-state index contributed by atoms with van der Waals surface area (Å²) in [6.45, 7) is 0. The maximum Gasteiger partial charge on any atom is 0.184 e. The van der Waals surface area contributed by atoms with Gasteiger partial charge in [-0.25, -0.2) is 4.68 Å². The lowest BCUT2D eigenvalue weighted by atomic mass is 10.2. The van der Waals surface area contributed by atoms with Gasteiger partial charge in [0.15, 0.2) is 8.29 Å². The van der Waals surface area contributed by atoms with Crippen LogP contribution >= 0.6 is 51.2 Å². The van der Waals surface area contributed by atoms with Crippen LogP contribution in [0.15, 0.2) is 63.4 Å². The van der Waals surface area contributed by atoms with E-state index >= 15 is 0 Å². The predicted octanol–water partition coefficient (Wildman–Crippen LogP) is 5.72. The van der Waals surface area contributed by atoms with E-state index in [2.05, 4.69) is 45.3 Å². The number of rotatable bonds is 4. The van der Waals surface area contributed by atoms with Crippen molar-refractivity contribution in [2.45, 2.75) is 10.1 Å². The number of hydrogen-bond donors (Lipinski definition) is 0. The van der Waals surface area contributed by atoms with Gasteiger partial charge < -0.3 is 0 Å². The standard InChI is InChI=1S/C15H11BrN2S3/c16-12-8-6-11(7-9-12)10-20-14-17-18(15(19)21-14)13-4-2-1-3-5-13/h1-9H,10H2. The van der Waals surface area contributed by atoms with Crippen LogP contribution in [0.5, 0.6) is 0 Å². The summed E-state index contributed by atoms with van der Waals surface area (Å²) in [6.07, 6.45) is 0. The molecule has 0 amide bonds.